The van der Waals surface area contributed by atoms with E-state index in [1.165, 1.54) is 56.4 Å². The van der Waals surface area contributed by atoms with Gasteiger partial charge in [0.05, 0.1) is 12.7 Å². The molecule has 2 fully saturated rings. The van der Waals surface area contributed by atoms with E-state index in [4.69, 9.17) is 9.47 Å². The van der Waals surface area contributed by atoms with Gasteiger partial charge in [0.25, 0.3) is 0 Å². The molecule has 0 aliphatic carbocycles. The maximum Gasteiger partial charge on any atom is 0.191 e. The molecule has 2 heterocycles. The van der Waals surface area contributed by atoms with E-state index in [0.29, 0.717) is 12.7 Å². The van der Waals surface area contributed by atoms with Crippen molar-refractivity contribution in [1.82, 2.24) is 15.5 Å². The van der Waals surface area contributed by atoms with Crippen molar-refractivity contribution in [2.45, 2.75) is 64.2 Å². The van der Waals surface area contributed by atoms with Gasteiger partial charge in [-0.15, -0.1) is 0 Å². The van der Waals surface area contributed by atoms with E-state index >= 15 is 0 Å². The number of likely N-dealkylation sites (tertiary alicyclic amines) is 1. The SMILES string of the molecule is CN=C(NCCCN1CCCCCC1)NCc1cccc(COC2CCOCC2)c1. The molecule has 0 bridgehead atoms. The summed E-state index contributed by atoms with van der Waals surface area (Å²) in [6.45, 7) is 7.73. The maximum absolute atomic E-state index is 6.05. The number of rotatable bonds is 9. The Hall–Kier alpha value is -1.63. The second-order valence-electron chi connectivity index (χ2n) is 8.40. The predicted molar refractivity (Wildman–Crippen MR) is 123 cm³/mol. The zero-order valence-corrected chi connectivity index (χ0v) is 18.7. The molecule has 2 saturated heterocycles. The number of ether oxygens (including phenoxy) is 2. The fourth-order valence-corrected chi connectivity index (χ4v) is 4.16. The van der Waals surface area contributed by atoms with E-state index in [9.17, 15) is 0 Å². The third kappa shape index (κ3) is 8.62. The van der Waals surface area contributed by atoms with Gasteiger partial charge in [0.1, 0.15) is 0 Å². The first kappa shape index (κ1) is 23.0. The van der Waals surface area contributed by atoms with Crippen LogP contribution in [0.1, 0.15) is 56.1 Å². The average Bonchev–Trinajstić information content (AvgIpc) is 3.07. The zero-order valence-electron chi connectivity index (χ0n) is 18.7. The topological polar surface area (TPSA) is 58.1 Å². The first-order valence-corrected chi connectivity index (χ1v) is 11.8. The number of benzene rings is 1. The van der Waals surface area contributed by atoms with Crippen molar-refractivity contribution >= 4 is 5.96 Å². The van der Waals surface area contributed by atoms with E-state index in [-0.39, 0.29) is 0 Å². The zero-order chi connectivity index (χ0) is 20.9. The Balaban J connectivity index is 1.33. The van der Waals surface area contributed by atoms with Gasteiger partial charge in [0.15, 0.2) is 5.96 Å². The van der Waals surface area contributed by atoms with Gasteiger partial charge in [-0.2, -0.15) is 0 Å². The van der Waals surface area contributed by atoms with Crippen molar-refractivity contribution in [2.75, 3.05) is 46.4 Å². The van der Waals surface area contributed by atoms with Crippen molar-refractivity contribution in [1.29, 1.82) is 0 Å². The lowest BCUT2D eigenvalue weighted by Gasteiger charge is -2.22. The largest absolute Gasteiger partial charge is 0.381 e. The predicted octanol–water partition coefficient (Wildman–Crippen LogP) is 3.31. The Bertz CT molecular complexity index is 623. The minimum absolute atomic E-state index is 0.331. The van der Waals surface area contributed by atoms with E-state index in [1.807, 2.05) is 7.05 Å². The van der Waals surface area contributed by atoms with Crippen molar-refractivity contribution in [3.63, 3.8) is 0 Å². The summed E-state index contributed by atoms with van der Waals surface area (Å²) in [5, 5.41) is 6.89. The monoisotopic (exact) mass is 416 g/mol. The van der Waals surface area contributed by atoms with Crippen LogP contribution >= 0.6 is 0 Å². The van der Waals surface area contributed by atoms with Crippen LogP contribution < -0.4 is 10.6 Å². The minimum Gasteiger partial charge on any atom is -0.381 e. The molecule has 0 saturated carbocycles. The van der Waals surface area contributed by atoms with Crippen LogP contribution in [0, 0.1) is 0 Å². The molecule has 0 aromatic heterocycles. The smallest absolute Gasteiger partial charge is 0.191 e. The van der Waals surface area contributed by atoms with Crippen LogP contribution in [0.4, 0.5) is 0 Å². The number of hydrogen-bond acceptors (Lipinski definition) is 4. The maximum atomic E-state index is 6.05. The van der Waals surface area contributed by atoms with Crippen LogP contribution in [0.2, 0.25) is 0 Å². The van der Waals surface area contributed by atoms with Crippen LogP contribution in [0.3, 0.4) is 0 Å². The molecule has 6 nitrogen and oxygen atoms in total. The number of nitrogens with zero attached hydrogens (tertiary/aromatic N) is 2. The third-order valence-electron chi connectivity index (χ3n) is 5.97. The summed E-state index contributed by atoms with van der Waals surface area (Å²) in [5.41, 5.74) is 2.47. The molecule has 2 aliphatic heterocycles. The van der Waals surface area contributed by atoms with Gasteiger partial charge in [-0.25, -0.2) is 0 Å². The molecular formula is C24H40N4O2. The summed E-state index contributed by atoms with van der Waals surface area (Å²) in [6, 6.07) is 8.62. The van der Waals surface area contributed by atoms with Crippen LogP contribution in [0.15, 0.2) is 29.3 Å². The van der Waals surface area contributed by atoms with E-state index in [1.54, 1.807) is 0 Å². The van der Waals surface area contributed by atoms with Crippen molar-refractivity contribution in [3.05, 3.63) is 35.4 Å². The fourth-order valence-electron chi connectivity index (χ4n) is 4.16. The molecule has 0 amide bonds. The second-order valence-corrected chi connectivity index (χ2v) is 8.40. The van der Waals surface area contributed by atoms with Gasteiger partial charge >= 0.3 is 0 Å². The van der Waals surface area contributed by atoms with Gasteiger partial charge in [-0.05, 0) is 62.9 Å². The van der Waals surface area contributed by atoms with Gasteiger partial charge in [-0.1, -0.05) is 37.1 Å². The summed E-state index contributed by atoms with van der Waals surface area (Å²) in [4.78, 5) is 6.98. The molecule has 1 aromatic rings. The van der Waals surface area contributed by atoms with Crippen LogP contribution in [0.5, 0.6) is 0 Å². The summed E-state index contributed by atoms with van der Waals surface area (Å²) >= 11 is 0. The van der Waals surface area contributed by atoms with Crippen LogP contribution in [-0.2, 0) is 22.6 Å². The van der Waals surface area contributed by atoms with Crippen molar-refractivity contribution in [2.24, 2.45) is 4.99 Å². The Kier molecular flexibility index (Phi) is 10.5. The first-order chi connectivity index (χ1) is 14.8. The molecule has 0 radical (unpaired) electrons. The summed E-state index contributed by atoms with van der Waals surface area (Å²) < 4.78 is 11.5. The molecule has 30 heavy (non-hydrogen) atoms. The Morgan fingerprint density at radius 1 is 1.10 bits per heavy atom. The number of hydrogen-bond donors (Lipinski definition) is 2. The van der Waals surface area contributed by atoms with E-state index in [2.05, 4.69) is 44.8 Å². The highest BCUT2D eigenvalue weighted by Crippen LogP contribution is 2.14. The molecule has 2 aliphatic rings. The highest BCUT2D eigenvalue weighted by Gasteiger charge is 2.14. The van der Waals surface area contributed by atoms with Gasteiger partial charge in [-0.3, -0.25) is 4.99 Å². The Morgan fingerprint density at radius 3 is 2.63 bits per heavy atom. The Morgan fingerprint density at radius 2 is 1.87 bits per heavy atom. The molecule has 0 unspecified atom stereocenters. The quantitative estimate of drug-likeness (QED) is 0.367. The second kappa shape index (κ2) is 13.6. The summed E-state index contributed by atoms with van der Waals surface area (Å²) in [7, 11) is 1.84. The summed E-state index contributed by atoms with van der Waals surface area (Å²) in [6.07, 6.45) is 8.99. The molecule has 0 spiro atoms. The highest BCUT2D eigenvalue weighted by molar-refractivity contribution is 5.79. The van der Waals surface area contributed by atoms with Gasteiger partial charge in [0.2, 0.25) is 0 Å². The van der Waals surface area contributed by atoms with Crippen molar-refractivity contribution in [3.8, 4) is 0 Å². The minimum atomic E-state index is 0.331. The standard InChI is InChI=1S/C24H40N4O2/c1-25-24(26-12-7-15-28-13-4-2-3-5-14-28)27-19-21-8-6-9-22(18-21)20-30-23-10-16-29-17-11-23/h6,8-9,18,23H,2-5,7,10-17,19-20H2,1H3,(H2,25,26,27). The Labute approximate surface area is 182 Å². The molecule has 3 rings (SSSR count). The fraction of sp³-hybridized carbons (Fsp3) is 0.708. The third-order valence-corrected chi connectivity index (χ3v) is 5.97. The normalized spacial score (nSPS) is 19.4. The van der Waals surface area contributed by atoms with Crippen LogP contribution in [-0.4, -0.2) is 63.4 Å². The molecule has 168 valence electrons. The number of guanidine groups is 1. The lowest BCUT2D eigenvalue weighted by Crippen LogP contribution is -2.38. The lowest BCUT2D eigenvalue weighted by atomic mass is 10.1. The molecule has 1 aromatic carbocycles. The van der Waals surface area contributed by atoms with Gasteiger partial charge < -0.3 is 25.0 Å². The molecule has 6 heteroatoms. The number of aliphatic imine (C=N–C) groups is 1. The van der Waals surface area contributed by atoms with E-state index in [0.717, 1.165) is 51.5 Å². The molecular weight excluding hydrogens is 376 g/mol. The molecule has 0 atom stereocenters. The number of nitrogens with one attached hydrogen (secondary N) is 2. The molecule has 2 N–H and O–H groups in total. The summed E-state index contributed by atoms with van der Waals surface area (Å²) in [5.74, 6) is 0.870. The lowest BCUT2D eigenvalue weighted by molar-refractivity contribution is -0.0390. The van der Waals surface area contributed by atoms with Crippen LogP contribution in [0.25, 0.3) is 0 Å². The first-order valence-electron chi connectivity index (χ1n) is 11.8. The van der Waals surface area contributed by atoms with E-state index < -0.39 is 0 Å². The van der Waals surface area contributed by atoms with Gasteiger partial charge in [0, 0.05) is 33.4 Å². The van der Waals surface area contributed by atoms with Crippen molar-refractivity contribution < 1.29 is 9.47 Å². The average molecular weight is 417 g/mol. The highest BCUT2D eigenvalue weighted by atomic mass is 16.5.